The number of thiocarbonyl (C=S) groups is 1. The maximum atomic E-state index is 12.0. The zero-order valence-electron chi connectivity index (χ0n) is 23.9. The first-order valence-corrected chi connectivity index (χ1v) is 14.0. The van der Waals surface area contributed by atoms with Gasteiger partial charge >= 0.3 is 0 Å². The maximum absolute atomic E-state index is 12.0. The molecule has 0 radical (unpaired) electrons. The monoisotopic (exact) mass is 552 g/mol. The van der Waals surface area contributed by atoms with E-state index in [1.807, 2.05) is 64.5 Å². The van der Waals surface area contributed by atoms with E-state index < -0.39 is 0 Å². The molecule has 3 heterocycles. The van der Waals surface area contributed by atoms with Gasteiger partial charge < -0.3 is 25.0 Å². The Morgan fingerprint density at radius 1 is 1.02 bits per heavy atom. The summed E-state index contributed by atoms with van der Waals surface area (Å²) >= 11 is 5.96. The van der Waals surface area contributed by atoms with E-state index in [9.17, 15) is 4.79 Å². The van der Waals surface area contributed by atoms with Crippen LogP contribution in [0.25, 0.3) is 5.69 Å². The van der Waals surface area contributed by atoms with Gasteiger partial charge in [0, 0.05) is 60.9 Å². The minimum absolute atomic E-state index is 0.00615. The van der Waals surface area contributed by atoms with Crippen molar-refractivity contribution in [3.63, 3.8) is 0 Å². The Labute approximate surface area is 241 Å². The lowest BCUT2D eigenvalue weighted by Crippen LogP contribution is -2.29. The molecule has 1 amide bonds. The average molecular weight is 553 g/mol. The summed E-state index contributed by atoms with van der Waals surface area (Å²) in [5.41, 5.74) is 9.45. The summed E-state index contributed by atoms with van der Waals surface area (Å²) in [5, 5.41) is 7.21. The van der Waals surface area contributed by atoms with Crippen molar-refractivity contribution in [1.82, 2.24) is 14.9 Å². The summed E-state index contributed by atoms with van der Waals surface area (Å²) in [5.74, 6) is -0.00615. The highest BCUT2D eigenvalue weighted by Crippen LogP contribution is 2.44. The fourth-order valence-electron chi connectivity index (χ4n) is 5.51. The molecule has 0 spiro atoms. The molecule has 1 aliphatic rings. The van der Waals surface area contributed by atoms with Gasteiger partial charge in [0.05, 0.1) is 17.8 Å². The van der Waals surface area contributed by atoms with Crippen molar-refractivity contribution in [2.45, 2.75) is 46.2 Å². The summed E-state index contributed by atoms with van der Waals surface area (Å²) < 4.78 is 2.30. The Hall–Kier alpha value is -4.17. The number of pyridine rings is 1. The second-order valence-corrected chi connectivity index (χ2v) is 10.9. The second-order valence-electron chi connectivity index (χ2n) is 10.5. The molecule has 8 heteroatoms. The number of benzene rings is 2. The van der Waals surface area contributed by atoms with Crippen LogP contribution in [0.1, 0.15) is 53.6 Å². The summed E-state index contributed by atoms with van der Waals surface area (Å²) in [6.07, 6.45) is 2.26. The topological polar surface area (TPSA) is 65.4 Å². The van der Waals surface area contributed by atoms with Gasteiger partial charge in [0.1, 0.15) is 0 Å². The van der Waals surface area contributed by atoms with E-state index >= 15 is 0 Å². The minimum atomic E-state index is -0.140. The molecule has 4 aromatic rings. The molecule has 0 unspecified atom stereocenters. The Kier molecular flexibility index (Phi) is 7.63. The predicted octanol–water partition coefficient (Wildman–Crippen LogP) is 6.39. The lowest BCUT2D eigenvalue weighted by atomic mass is 9.96. The van der Waals surface area contributed by atoms with Gasteiger partial charge in [-0.25, -0.2) is 0 Å². The van der Waals surface area contributed by atoms with E-state index in [0.717, 1.165) is 45.4 Å². The SMILES string of the molecule is CCC(=O)Nc1ccc(N2C(=S)N[C@H](c3ccccn3)[C@H]2c2cc(C)n(-c3ccc(N(C)C)cc3)c2C)cc1C. The molecule has 2 aromatic heterocycles. The van der Waals surface area contributed by atoms with Crippen LogP contribution >= 0.6 is 12.2 Å². The smallest absolute Gasteiger partial charge is 0.224 e. The van der Waals surface area contributed by atoms with E-state index in [1.54, 1.807) is 0 Å². The molecule has 1 aliphatic heterocycles. The first kappa shape index (κ1) is 27.4. The number of hydrogen-bond donors (Lipinski definition) is 2. The van der Waals surface area contributed by atoms with E-state index in [1.165, 1.54) is 5.56 Å². The third-order valence-electron chi connectivity index (χ3n) is 7.59. The molecule has 2 N–H and O–H groups in total. The van der Waals surface area contributed by atoms with Crippen LogP contribution in [0.15, 0.2) is 72.9 Å². The van der Waals surface area contributed by atoms with Gasteiger partial charge in [-0.3, -0.25) is 9.78 Å². The van der Waals surface area contributed by atoms with Crippen LogP contribution in [0.2, 0.25) is 0 Å². The van der Waals surface area contributed by atoms with Gasteiger partial charge in [-0.2, -0.15) is 0 Å². The van der Waals surface area contributed by atoms with Crippen molar-refractivity contribution in [2.75, 3.05) is 29.2 Å². The number of aromatic nitrogens is 2. The first-order valence-electron chi connectivity index (χ1n) is 13.6. The van der Waals surface area contributed by atoms with Gasteiger partial charge in [0.15, 0.2) is 5.11 Å². The molecule has 2 atom stereocenters. The molecule has 206 valence electrons. The van der Waals surface area contributed by atoms with Crippen LogP contribution in [0.5, 0.6) is 0 Å². The van der Waals surface area contributed by atoms with Crippen LogP contribution in [-0.2, 0) is 4.79 Å². The van der Waals surface area contributed by atoms with Gasteiger partial charge in [0.25, 0.3) is 0 Å². The Balaban J connectivity index is 1.61. The third kappa shape index (κ3) is 5.07. The van der Waals surface area contributed by atoms with Crippen molar-refractivity contribution in [1.29, 1.82) is 0 Å². The van der Waals surface area contributed by atoms with E-state index in [0.29, 0.717) is 11.5 Å². The zero-order chi connectivity index (χ0) is 28.6. The molecule has 0 aliphatic carbocycles. The van der Waals surface area contributed by atoms with E-state index in [2.05, 4.69) is 75.2 Å². The number of amides is 1. The standard InChI is InChI=1S/C32H36N6OS/c1-7-29(39)34-27-16-15-25(18-20(27)2)38-31(30(35-32(38)40)28-10-8-9-17-33-28)26-19-21(3)37(22(26)4)24-13-11-23(12-14-24)36(5)6/h8-19,30-31H,7H2,1-6H3,(H,34,39)(H,35,40)/t30-,31-/m1/s1. The number of rotatable bonds is 7. The zero-order valence-corrected chi connectivity index (χ0v) is 24.7. The Morgan fingerprint density at radius 2 is 1.75 bits per heavy atom. The quantitative estimate of drug-likeness (QED) is 0.259. The van der Waals surface area contributed by atoms with Crippen LogP contribution in [0.4, 0.5) is 17.1 Å². The lowest BCUT2D eigenvalue weighted by Gasteiger charge is -2.29. The summed E-state index contributed by atoms with van der Waals surface area (Å²) in [4.78, 5) is 21.0. The number of carbonyl (C=O) groups is 1. The fourth-order valence-corrected chi connectivity index (χ4v) is 5.86. The van der Waals surface area contributed by atoms with Gasteiger partial charge in [-0.1, -0.05) is 13.0 Å². The van der Waals surface area contributed by atoms with Crippen molar-refractivity contribution in [3.05, 3.63) is 101 Å². The second kappa shape index (κ2) is 11.1. The molecule has 0 saturated carbocycles. The van der Waals surface area contributed by atoms with Crippen LogP contribution in [0.3, 0.4) is 0 Å². The molecule has 7 nitrogen and oxygen atoms in total. The van der Waals surface area contributed by atoms with Crippen LogP contribution < -0.4 is 20.4 Å². The fraction of sp³-hybridized carbons (Fsp3) is 0.281. The highest BCUT2D eigenvalue weighted by atomic mass is 32.1. The van der Waals surface area contributed by atoms with Crippen LogP contribution in [0, 0.1) is 20.8 Å². The summed E-state index contributed by atoms with van der Waals surface area (Å²) in [7, 11) is 4.10. The van der Waals surface area contributed by atoms with Crippen molar-refractivity contribution >= 4 is 40.3 Å². The number of aryl methyl sites for hydroxylation is 2. The molecule has 40 heavy (non-hydrogen) atoms. The summed E-state index contributed by atoms with van der Waals surface area (Å²) in [6, 6.07) is 22.7. The molecular formula is C32H36N6OS. The largest absolute Gasteiger partial charge is 0.378 e. The van der Waals surface area contributed by atoms with E-state index in [4.69, 9.17) is 17.2 Å². The molecule has 1 fully saturated rings. The first-order chi connectivity index (χ1) is 19.2. The number of anilines is 3. The van der Waals surface area contributed by atoms with Gasteiger partial charge in [-0.05, 0) is 105 Å². The molecule has 1 saturated heterocycles. The number of hydrogen-bond acceptors (Lipinski definition) is 4. The van der Waals surface area contributed by atoms with Gasteiger partial charge in [0.2, 0.25) is 5.91 Å². The minimum Gasteiger partial charge on any atom is -0.378 e. The van der Waals surface area contributed by atoms with E-state index in [-0.39, 0.29) is 18.0 Å². The third-order valence-corrected chi connectivity index (χ3v) is 7.91. The normalized spacial score (nSPS) is 16.6. The highest BCUT2D eigenvalue weighted by molar-refractivity contribution is 7.80. The molecule has 0 bridgehead atoms. The maximum Gasteiger partial charge on any atom is 0.224 e. The van der Waals surface area contributed by atoms with Crippen molar-refractivity contribution in [2.24, 2.45) is 0 Å². The predicted molar refractivity (Wildman–Crippen MR) is 168 cm³/mol. The number of nitrogens with one attached hydrogen (secondary N) is 2. The molecule has 2 aromatic carbocycles. The van der Waals surface area contributed by atoms with Crippen molar-refractivity contribution in [3.8, 4) is 5.69 Å². The van der Waals surface area contributed by atoms with Crippen LogP contribution in [-0.4, -0.2) is 34.7 Å². The number of carbonyl (C=O) groups excluding carboxylic acids is 1. The summed E-state index contributed by atoms with van der Waals surface area (Å²) in [6.45, 7) is 8.18. The van der Waals surface area contributed by atoms with Crippen molar-refractivity contribution < 1.29 is 4.79 Å². The van der Waals surface area contributed by atoms with Gasteiger partial charge in [-0.15, -0.1) is 0 Å². The molecular weight excluding hydrogens is 516 g/mol. The molecule has 5 rings (SSSR count). The number of nitrogens with zero attached hydrogens (tertiary/aromatic N) is 4. The lowest BCUT2D eigenvalue weighted by molar-refractivity contribution is -0.115. The Bertz CT molecular complexity index is 1540. The highest BCUT2D eigenvalue weighted by Gasteiger charge is 2.42. The Morgan fingerprint density at radius 3 is 2.38 bits per heavy atom. The average Bonchev–Trinajstić information content (AvgIpc) is 3.44.